The lowest BCUT2D eigenvalue weighted by atomic mass is 10.0. The van der Waals surface area contributed by atoms with Crippen LogP contribution in [0.25, 0.3) is 0 Å². The topological polar surface area (TPSA) is 92.7 Å². The Bertz CT molecular complexity index is 605. The van der Waals surface area contributed by atoms with Crippen LogP contribution in [0.4, 0.5) is 4.79 Å². The van der Waals surface area contributed by atoms with Crippen molar-refractivity contribution in [3.63, 3.8) is 0 Å². The van der Waals surface area contributed by atoms with Gasteiger partial charge in [-0.05, 0) is 31.9 Å². The molecular weight excluding hydrogens is 312 g/mol. The van der Waals surface area contributed by atoms with E-state index in [-0.39, 0.29) is 24.0 Å². The van der Waals surface area contributed by atoms with E-state index < -0.39 is 6.03 Å². The molecule has 8 heteroatoms. The Morgan fingerprint density at radius 2 is 1.96 bits per heavy atom. The van der Waals surface area contributed by atoms with Crippen molar-refractivity contribution >= 4 is 17.9 Å². The number of amides is 3. The number of methoxy groups -OCH3 is 1. The van der Waals surface area contributed by atoms with Gasteiger partial charge in [0, 0.05) is 32.4 Å². The van der Waals surface area contributed by atoms with Crippen LogP contribution >= 0.6 is 0 Å². The number of imide groups is 1. The molecule has 0 unspecified atom stereocenters. The van der Waals surface area contributed by atoms with Gasteiger partial charge in [0.1, 0.15) is 5.69 Å². The first-order valence-corrected chi connectivity index (χ1v) is 7.99. The predicted molar refractivity (Wildman–Crippen MR) is 87.7 cm³/mol. The second kappa shape index (κ2) is 7.96. The maximum Gasteiger partial charge on any atom is 0.354 e. The van der Waals surface area contributed by atoms with Crippen LogP contribution in [0.2, 0.25) is 0 Å². The van der Waals surface area contributed by atoms with E-state index >= 15 is 0 Å². The van der Waals surface area contributed by atoms with Crippen LogP contribution < -0.4 is 10.6 Å². The Morgan fingerprint density at radius 3 is 2.54 bits per heavy atom. The molecular formula is C16H24N4O4. The third kappa shape index (κ3) is 3.94. The van der Waals surface area contributed by atoms with Crippen LogP contribution in [0.3, 0.4) is 0 Å². The van der Waals surface area contributed by atoms with Crippen molar-refractivity contribution in [3.05, 3.63) is 24.0 Å². The molecule has 0 saturated carbocycles. The van der Waals surface area contributed by atoms with Gasteiger partial charge in [-0.3, -0.25) is 15.0 Å². The summed E-state index contributed by atoms with van der Waals surface area (Å²) in [6.45, 7) is 3.21. The zero-order valence-electron chi connectivity index (χ0n) is 14.2. The molecule has 132 valence electrons. The highest BCUT2D eigenvalue weighted by molar-refractivity contribution is 5.96. The molecule has 0 bridgehead atoms. The Kier molecular flexibility index (Phi) is 5.97. The van der Waals surface area contributed by atoms with Crippen molar-refractivity contribution < 1.29 is 19.1 Å². The lowest BCUT2D eigenvalue weighted by Gasteiger charge is -2.36. The van der Waals surface area contributed by atoms with Gasteiger partial charge in [0.2, 0.25) is 5.91 Å². The molecule has 1 aliphatic rings. The minimum absolute atomic E-state index is 0.194. The minimum atomic E-state index is -0.503. The molecule has 1 fully saturated rings. The van der Waals surface area contributed by atoms with E-state index in [1.807, 2.05) is 21.7 Å². The first kappa shape index (κ1) is 18.0. The van der Waals surface area contributed by atoms with E-state index in [9.17, 15) is 14.4 Å². The predicted octanol–water partition coefficient (Wildman–Crippen LogP) is 0.756. The van der Waals surface area contributed by atoms with E-state index in [1.54, 1.807) is 13.0 Å². The van der Waals surface area contributed by atoms with Crippen molar-refractivity contribution in [2.45, 2.75) is 31.8 Å². The van der Waals surface area contributed by atoms with Crippen LogP contribution in [0.15, 0.2) is 18.3 Å². The van der Waals surface area contributed by atoms with Crippen molar-refractivity contribution in [3.8, 4) is 0 Å². The molecule has 0 aromatic carbocycles. The average Bonchev–Trinajstić information content (AvgIpc) is 3.10. The van der Waals surface area contributed by atoms with Crippen molar-refractivity contribution in [1.82, 2.24) is 20.1 Å². The van der Waals surface area contributed by atoms with Crippen molar-refractivity contribution in [2.24, 2.45) is 0 Å². The SMILES string of the molecule is CNC(=O)NC(=O)[C@H](C)N1CCC(n2cccc2C(=O)OC)CC1. The smallest absolute Gasteiger partial charge is 0.354 e. The number of hydrogen-bond donors (Lipinski definition) is 2. The van der Waals surface area contributed by atoms with Crippen molar-refractivity contribution in [1.29, 1.82) is 0 Å². The summed E-state index contributed by atoms with van der Waals surface area (Å²) in [6, 6.07) is 2.89. The molecule has 2 heterocycles. The number of piperidine rings is 1. The first-order chi connectivity index (χ1) is 11.5. The highest BCUT2D eigenvalue weighted by Crippen LogP contribution is 2.25. The zero-order valence-corrected chi connectivity index (χ0v) is 14.2. The van der Waals surface area contributed by atoms with E-state index in [2.05, 4.69) is 10.6 Å². The summed E-state index contributed by atoms with van der Waals surface area (Å²) in [5, 5.41) is 4.67. The van der Waals surface area contributed by atoms with Crippen LogP contribution in [0.5, 0.6) is 0 Å². The number of nitrogens with one attached hydrogen (secondary N) is 2. The second-order valence-corrected chi connectivity index (χ2v) is 5.80. The number of rotatable bonds is 4. The molecule has 8 nitrogen and oxygen atoms in total. The van der Waals surface area contributed by atoms with E-state index in [1.165, 1.54) is 14.2 Å². The summed E-state index contributed by atoms with van der Waals surface area (Å²) < 4.78 is 6.75. The molecule has 1 aromatic rings. The molecule has 1 atom stereocenters. The number of likely N-dealkylation sites (tertiary alicyclic amines) is 1. The highest BCUT2D eigenvalue weighted by Gasteiger charge is 2.29. The maximum atomic E-state index is 12.0. The zero-order chi connectivity index (χ0) is 17.7. The number of carbonyl (C=O) groups excluding carboxylic acids is 3. The maximum absolute atomic E-state index is 12.0. The number of nitrogens with zero attached hydrogens (tertiary/aromatic N) is 2. The van der Waals surface area contributed by atoms with Gasteiger partial charge in [-0.15, -0.1) is 0 Å². The van der Waals surface area contributed by atoms with Gasteiger partial charge in [0.05, 0.1) is 13.2 Å². The molecule has 2 rings (SSSR count). The Morgan fingerprint density at radius 1 is 1.29 bits per heavy atom. The molecule has 0 aliphatic carbocycles. The molecule has 24 heavy (non-hydrogen) atoms. The lowest BCUT2D eigenvalue weighted by Crippen LogP contribution is -2.51. The highest BCUT2D eigenvalue weighted by atomic mass is 16.5. The van der Waals surface area contributed by atoms with Gasteiger partial charge in [-0.1, -0.05) is 0 Å². The van der Waals surface area contributed by atoms with Gasteiger partial charge in [-0.2, -0.15) is 0 Å². The third-order valence-electron chi connectivity index (χ3n) is 4.46. The summed E-state index contributed by atoms with van der Waals surface area (Å²) in [5.41, 5.74) is 0.543. The quantitative estimate of drug-likeness (QED) is 0.792. The summed E-state index contributed by atoms with van der Waals surface area (Å²) in [5.74, 6) is -0.662. The summed E-state index contributed by atoms with van der Waals surface area (Å²) in [7, 11) is 2.84. The molecule has 0 radical (unpaired) electrons. The third-order valence-corrected chi connectivity index (χ3v) is 4.46. The van der Waals surface area contributed by atoms with Crippen LogP contribution in [-0.2, 0) is 9.53 Å². The average molecular weight is 336 g/mol. The van der Waals surface area contributed by atoms with Gasteiger partial charge >= 0.3 is 12.0 Å². The number of aromatic nitrogens is 1. The second-order valence-electron chi connectivity index (χ2n) is 5.80. The lowest BCUT2D eigenvalue weighted by molar-refractivity contribution is -0.125. The van der Waals surface area contributed by atoms with Gasteiger partial charge in [-0.25, -0.2) is 9.59 Å². The largest absolute Gasteiger partial charge is 0.464 e. The summed E-state index contributed by atoms with van der Waals surface area (Å²) >= 11 is 0. The number of esters is 1. The van der Waals surface area contributed by atoms with Crippen LogP contribution in [0, 0.1) is 0 Å². The van der Waals surface area contributed by atoms with Gasteiger partial charge in [0.15, 0.2) is 0 Å². The normalized spacial score (nSPS) is 17.1. The number of ether oxygens (including phenoxy) is 1. The van der Waals surface area contributed by atoms with E-state index in [0.717, 1.165) is 12.8 Å². The Hall–Kier alpha value is -2.35. The molecule has 3 amide bonds. The van der Waals surface area contributed by atoms with Crippen LogP contribution in [-0.4, -0.2) is 60.7 Å². The van der Waals surface area contributed by atoms with Gasteiger partial charge < -0.3 is 14.6 Å². The fraction of sp³-hybridized carbons (Fsp3) is 0.562. The van der Waals surface area contributed by atoms with Crippen LogP contribution in [0.1, 0.15) is 36.3 Å². The first-order valence-electron chi connectivity index (χ1n) is 7.99. The van der Waals surface area contributed by atoms with Crippen molar-refractivity contribution in [2.75, 3.05) is 27.2 Å². The molecule has 1 aliphatic heterocycles. The van der Waals surface area contributed by atoms with Gasteiger partial charge in [0.25, 0.3) is 0 Å². The Balaban J connectivity index is 1.94. The van der Waals surface area contributed by atoms with E-state index in [0.29, 0.717) is 18.8 Å². The number of carbonyl (C=O) groups is 3. The molecule has 1 aromatic heterocycles. The van der Waals surface area contributed by atoms with E-state index in [4.69, 9.17) is 4.74 Å². The number of hydrogen-bond acceptors (Lipinski definition) is 5. The standard InChI is InChI=1S/C16H24N4O4/c1-11(14(21)18-16(23)17-2)19-9-6-12(7-10-19)20-8-4-5-13(20)15(22)24-3/h4-5,8,11-12H,6-7,9-10H2,1-3H3,(H2,17,18,21,23)/t11-/m0/s1. The summed E-state index contributed by atoms with van der Waals surface area (Å²) in [4.78, 5) is 37.1. The minimum Gasteiger partial charge on any atom is -0.464 e. The molecule has 2 N–H and O–H groups in total. The molecule has 1 saturated heterocycles. The fourth-order valence-corrected chi connectivity index (χ4v) is 2.99. The fourth-order valence-electron chi connectivity index (χ4n) is 2.99. The molecule has 0 spiro atoms. The summed E-state index contributed by atoms with van der Waals surface area (Å²) in [6.07, 6.45) is 3.51. The number of urea groups is 1. The Labute approximate surface area is 141 Å². The monoisotopic (exact) mass is 336 g/mol.